The van der Waals surface area contributed by atoms with Gasteiger partial charge >= 0.3 is 0 Å². The predicted octanol–water partition coefficient (Wildman–Crippen LogP) is 2.67. The summed E-state index contributed by atoms with van der Waals surface area (Å²) in [6.45, 7) is 1.04. The van der Waals surface area contributed by atoms with Crippen LogP contribution in [-0.2, 0) is 0 Å². The summed E-state index contributed by atoms with van der Waals surface area (Å²) in [4.78, 5) is 4.15. The van der Waals surface area contributed by atoms with E-state index in [1.165, 1.54) is 32.1 Å². The Morgan fingerprint density at radius 2 is 1.90 bits per heavy atom. The van der Waals surface area contributed by atoms with Crippen molar-refractivity contribution < 1.29 is 0 Å². The maximum absolute atomic E-state index is 4.15. The first-order chi connectivity index (χ1) is 4.91. The lowest BCUT2D eigenvalue weighted by Crippen LogP contribution is -2.18. The van der Waals surface area contributed by atoms with E-state index in [-0.39, 0.29) is 0 Å². The molecule has 0 unspecified atom stereocenters. The molecule has 2 rings (SSSR count). The summed E-state index contributed by atoms with van der Waals surface area (Å²) < 4.78 is 0. The minimum atomic E-state index is 0.668. The average molecular weight is 136 g/mol. The Labute approximate surface area is 62.2 Å². The van der Waals surface area contributed by atoms with E-state index in [0.29, 0.717) is 5.41 Å². The maximum Gasteiger partial charge on any atom is 0.273 e. The Kier molecular flexibility index (Phi) is 1.41. The standard InChI is InChI=1S/C9H14N/c1-2-4-9(3-1)5-7-10-8-6-9/h1-7H2/q+1. The molecule has 0 N–H and O–H groups in total. The highest BCUT2D eigenvalue weighted by Gasteiger charge is 2.37. The van der Waals surface area contributed by atoms with Crippen LogP contribution in [-0.4, -0.2) is 6.54 Å². The summed E-state index contributed by atoms with van der Waals surface area (Å²) in [5, 5.41) is 0. The predicted molar refractivity (Wildman–Crippen MR) is 42.2 cm³/mol. The van der Waals surface area contributed by atoms with Gasteiger partial charge in [-0.3, -0.25) is 0 Å². The van der Waals surface area contributed by atoms with Crippen LogP contribution in [0.5, 0.6) is 0 Å². The van der Waals surface area contributed by atoms with Crippen LogP contribution in [0.1, 0.15) is 38.5 Å². The molecule has 0 aromatic carbocycles. The molecule has 2 aliphatic rings. The first-order valence-corrected chi connectivity index (χ1v) is 4.31. The quantitative estimate of drug-likeness (QED) is 0.482. The zero-order chi connectivity index (χ0) is 6.86. The van der Waals surface area contributed by atoms with Crippen LogP contribution in [0.4, 0.5) is 0 Å². The van der Waals surface area contributed by atoms with Gasteiger partial charge in [0.25, 0.3) is 12.6 Å². The van der Waals surface area contributed by atoms with Gasteiger partial charge < -0.3 is 0 Å². The molecule has 1 heteroatoms. The molecule has 0 radical (unpaired) electrons. The highest BCUT2D eigenvalue weighted by Crippen LogP contribution is 2.44. The summed E-state index contributed by atoms with van der Waals surface area (Å²) in [7, 11) is 0. The Bertz CT molecular complexity index is 179. The largest absolute Gasteiger partial charge is 0.273 e. The molecular formula is C9H14N+. The smallest absolute Gasteiger partial charge is 0.0837 e. The van der Waals surface area contributed by atoms with E-state index >= 15 is 0 Å². The van der Waals surface area contributed by atoms with Gasteiger partial charge in [0.05, 0.1) is 6.42 Å². The molecule has 1 spiro atoms. The number of hydrogen-bond donors (Lipinski definition) is 0. The lowest BCUT2D eigenvalue weighted by atomic mass is 9.79. The Hall–Kier alpha value is -0.510. The van der Waals surface area contributed by atoms with E-state index < -0.39 is 0 Å². The molecule has 0 atom stereocenters. The lowest BCUT2D eigenvalue weighted by molar-refractivity contribution is 0.284. The minimum Gasteiger partial charge on any atom is -0.0837 e. The molecule has 10 heavy (non-hydrogen) atoms. The molecule has 1 saturated carbocycles. The van der Waals surface area contributed by atoms with Crippen molar-refractivity contribution in [3.05, 3.63) is 4.85 Å². The van der Waals surface area contributed by atoms with Gasteiger partial charge in [-0.05, 0) is 18.3 Å². The van der Waals surface area contributed by atoms with Gasteiger partial charge in [-0.1, -0.05) is 17.7 Å². The summed E-state index contributed by atoms with van der Waals surface area (Å²) in [6.07, 6.45) is 8.25. The van der Waals surface area contributed by atoms with Crippen LogP contribution in [0.15, 0.2) is 0 Å². The Morgan fingerprint density at radius 1 is 1.10 bits per heavy atom. The van der Waals surface area contributed by atoms with E-state index in [2.05, 4.69) is 10.9 Å². The average Bonchev–Trinajstić information content (AvgIpc) is 2.39. The van der Waals surface area contributed by atoms with Gasteiger partial charge in [-0.15, -0.1) is 0 Å². The summed E-state index contributed by atoms with van der Waals surface area (Å²) >= 11 is 0. The fourth-order valence-electron chi connectivity index (χ4n) is 2.24. The zero-order valence-electron chi connectivity index (χ0n) is 6.40. The highest BCUT2D eigenvalue weighted by atomic mass is 14.7. The van der Waals surface area contributed by atoms with E-state index in [1.54, 1.807) is 0 Å². The van der Waals surface area contributed by atoms with Gasteiger partial charge in [0.1, 0.15) is 0 Å². The molecule has 0 aromatic rings. The van der Waals surface area contributed by atoms with Crippen molar-refractivity contribution in [3.63, 3.8) is 0 Å². The minimum absolute atomic E-state index is 0.668. The summed E-state index contributed by atoms with van der Waals surface area (Å²) in [6, 6.07) is 3.14. The Balaban J connectivity index is 2.10. The van der Waals surface area contributed by atoms with Gasteiger partial charge in [0.15, 0.2) is 0 Å². The van der Waals surface area contributed by atoms with E-state index in [4.69, 9.17) is 0 Å². The molecule has 1 aliphatic heterocycles. The number of hydrogen-bond acceptors (Lipinski definition) is 0. The van der Waals surface area contributed by atoms with Gasteiger partial charge in [0, 0.05) is 6.42 Å². The van der Waals surface area contributed by atoms with E-state index in [9.17, 15) is 0 Å². The van der Waals surface area contributed by atoms with E-state index in [0.717, 1.165) is 13.0 Å². The van der Waals surface area contributed by atoms with Crippen LogP contribution in [0.3, 0.4) is 0 Å². The third kappa shape index (κ3) is 0.923. The fourth-order valence-corrected chi connectivity index (χ4v) is 2.24. The highest BCUT2D eigenvalue weighted by molar-refractivity contribution is 5.02. The maximum atomic E-state index is 4.15. The third-order valence-corrected chi connectivity index (χ3v) is 2.98. The fraction of sp³-hybridized carbons (Fsp3) is 0.889. The van der Waals surface area contributed by atoms with Crippen LogP contribution in [0.2, 0.25) is 0 Å². The van der Waals surface area contributed by atoms with Crippen LogP contribution in [0.25, 0.3) is 4.85 Å². The van der Waals surface area contributed by atoms with Crippen LogP contribution < -0.4 is 0 Å². The molecule has 0 bridgehead atoms. The molecule has 1 heterocycles. The summed E-state index contributed by atoms with van der Waals surface area (Å²) in [5.74, 6) is 0. The van der Waals surface area contributed by atoms with Crippen molar-refractivity contribution in [2.24, 2.45) is 5.41 Å². The number of rotatable bonds is 0. The molecule has 1 nitrogen and oxygen atoms in total. The second-order valence-corrected chi connectivity index (χ2v) is 3.67. The van der Waals surface area contributed by atoms with Gasteiger partial charge in [0.2, 0.25) is 0 Å². The van der Waals surface area contributed by atoms with Gasteiger partial charge in [-0.25, -0.2) is 0 Å². The SMILES string of the molecule is C1#[N+]CCC2(C1)CCCC2. The first kappa shape index (κ1) is 6.22. The molecule has 0 saturated heterocycles. The van der Waals surface area contributed by atoms with Crippen molar-refractivity contribution in [2.45, 2.75) is 38.5 Å². The zero-order valence-corrected chi connectivity index (χ0v) is 6.40. The normalized spacial score (nSPS) is 28.0. The molecule has 1 fully saturated rings. The number of nitrogens with zero attached hydrogens (tertiary/aromatic N) is 1. The van der Waals surface area contributed by atoms with E-state index in [1.807, 2.05) is 0 Å². The molecule has 0 amide bonds. The Morgan fingerprint density at radius 3 is 2.50 bits per heavy atom. The first-order valence-electron chi connectivity index (χ1n) is 4.31. The van der Waals surface area contributed by atoms with Crippen molar-refractivity contribution in [3.8, 4) is 6.07 Å². The second kappa shape index (κ2) is 2.27. The third-order valence-electron chi connectivity index (χ3n) is 2.98. The molecular weight excluding hydrogens is 122 g/mol. The summed E-state index contributed by atoms with van der Waals surface area (Å²) in [5.41, 5.74) is 0.668. The molecule has 0 aromatic heterocycles. The second-order valence-electron chi connectivity index (χ2n) is 3.67. The van der Waals surface area contributed by atoms with Crippen molar-refractivity contribution in [2.75, 3.05) is 6.54 Å². The molecule has 1 aliphatic carbocycles. The molecule has 54 valence electrons. The van der Waals surface area contributed by atoms with Crippen LogP contribution >= 0.6 is 0 Å². The van der Waals surface area contributed by atoms with Gasteiger partial charge in [-0.2, -0.15) is 0 Å². The van der Waals surface area contributed by atoms with Crippen molar-refractivity contribution >= 4 is 0 Å². The lowest BCUT2D eigenvalue weighted by Gasteiger charge is -2.22. The topological polar surface area (TPSA) is 4.36 Å². The van der Waals surface area contributed by atoms with Crippen molar-refractivity contribution in [1.82, 2.24) is 0 Å². The van der Waals surface area contributed by atoms with Crippen molar-refractivity contribution in [1.29, 1.82) is 0 Å². The van der Waals surface area contributed by atoms with Crippen LogP contribution in [0, 0.1) is 11.5 Å². The monoisotopic (exact) mass is 136 g/mol.